The lowest BCUT2D eigenvalue weighted by Gasteiger charge is -2.37. The van der Waals surface area contributed by atoms with Crippen molar-refractivity contribution < 1.29 is 13.6 Å². The molecule has 1 saturated heterocycles. The van der Waals surface area contributed by atoms with Gasteiger partial charge in [-0.3, -0.25) is 23.9 Å². The van der Waals surface area contributed by atoms with Gasteiger partial charge < -0.3 is 9.88 Å². The van der Waals surface area contributed by atoms with Crippen LogP contribution in [0.25, 0.3) is 28.3 Å². The van der Waals surface area contributed by atoms with E-state index in [2.05, 4.69) is 20.1 Å². The van der Waals surface area contributed by atoms with Crippen LogP contribution < -0.4 is 5.56 Å². The monoisotopic (exact) mass is 518 g/mol. The Hall–Kier alpha value is -3.95. The second kappa shape index (κ2) is 9.74. The molecule has 1 amide bonds. The topological polar surface area (TPSA) is 96.2 Å². The van der Waals surface area contributed by atoms with Gasteiger partial charge in [0.25, 0.3) is 11.5 Å². The molecular formula is C28H28F2N6O2. The van der Waals surface area contributed by atoms with Gasteiger partial charge in [0.15, 0.2) is 5.65 Å². The molecule has 0 atom stereocenters. The van der Waals surface area contributed by atoms with Gasteiger partial charge in [-0.05, 0) is 37.3 Å². The number of benzene rings is 1. The molecule has 196 valence electrons. The first-order valence-electron chi connectivity index (χ1n) is 13.0. The van der Waals surface area contributed by atoms with Crippen LogP contribution in [0.4, 0.5) is 8.78 Å². The Morgan fingerprint density at radius 1 is 1.08 bits per heavy atom. The van der Waals surface area contributed by atoms with E-state index >= 15 is 4.39 Å². The van der Waals surface area contributed by atoms with E-state index in [1.807, 2.05) is 6.07 Å². The summed E-state index contributed by atoms with van der Waals surface area (Å²) in [5, 5.41) is 4.45. The third kappa shape index (κ3) is 4.17. The molecule has 3 aromatic heterocycles. The Labute approximate surface area is 217 Å². The smallest absolute Gasteiger partial charge is 0.274 e. The summed E-state index contributed by atoms with van der Waals surface area (Å²) in [7, 11) is 0. The van der Waals surface area contributed by atoms with E-state index in [1.54, 1.807) is 13.0 Å². The molecule has 4 aromatic rings. The molecule has 1 aliphatic carbocycles. The molecule has 2 aliphatic rings. The number of nitrogens with zero attached hydrogens (tertiary/aromatic N) is 5. The van der Waals surface area contributed by atoms with Crippen LogP contribution in [0.3, 0.4) is 0 Å². The highest BCUT2D eigenvalue weighted by Gasteiger charge is 2.35. The Balaban J connectivity index is 1.47. The van der Waals surface area contributed by atoms with E-state index in [0.717, 1.165) is 30.2 Å². The largest absolute Gasteiger partial charge is 0.339 e. The average molecular weight is 519 g/mol. The number of carbonyl (C=O) groups is 1. The van der Waals surface area contributed by atoms with Gasteiger partial charge in [0.1, 0.15) is 22.8 Å². The minimum Gasteiger partial charge on any atom is -0.339 e. The highest BCUT2D eigenvalue weighted by atomic mass is 19.1. The van der Waals surface area contributed by atoms with E-state index in [-0.39, 0.29) is 53.6 Å². The van der Waals surface area contributed by atoms with Crippen molar-refractivity contribution in [3.63, 3.8) is 0 Å². The number of H-pyrrole nitrogens is 1. The van der Waals surface area contributed by atoms with Crippen LogP contribution in [0, 0.1) is 18.7 Å². The second-order valence-corrected chi connectivity index (χ2v) is 10.3. The summed E-state index contributed by atoms with van der Waals surface area (Å²) in [4.78, 5) is 40.1. The fraction of sp³-hybridized carbons (Fsp3) is 0.393. The van der Waals surface area contributed by atoms with Crippen molar-refractivity contribution in [2.24, 2.45) is 5.92 Å². The van der Waals surface area contributed by atoms with Gasteiger partial charge in [0.2, 0.25) is 0 Å². The quantitative estimate of drug-likeness (QED) is 0.414. The number of fused-ring (bicyclic) bond motifs is 1. The molecule has 0 unspecified atom stereocenters. The number of aromatic amines is 1. The first-order valence-corrected chi connectivity index (χ1v) is 13.0. The summed E-state index contributed by atoms with van der Waals surface area (Å²) >= 11 is 0. The van der Waals surface area contributed by atoms with Crippen molar-refractivity contribution >= 4 is 11.6 Å². The maximum Gasteiger partial charge on any atom is 0.274 e. The van der Waals surface area contributed by atoms with Gasteiger partial charge in [-0.1, -0.05) is 31.4 Å². The molecular weight excluding hydrogens is 490 g/mol. The van der Waals surface area contributed by atoms with Crippen LogP contribution >= 0.6 is 0 Å². The van der Waals surface area contributed by atoms with Crippen LogP contribution in [0.5, 0.6) is 0 Å². The van der Waals surface area contributed by atoms with Crippen molar-refractivity contribution in [3.05, 3.63) is 69.7 Å². The van der Waals surface area contributed by atoms with Gasteiger partial charge >= 0.3 is 0 Å². The molecule has 1 aliphatic heterocycles. The third-order valence-corrected chi connectivity index (χ3v) is 7.75. The van der Waals surface area contributed by atoms with Crippen LogP contribution in [-0.2, 0) is 0 Å². The second-order valence-electron chi connectivity index (χ2n) is 10.3. The molecule has 2 fully saturated rings. The predicted molar refractivity (Wildman–Crippen MR) is 138 cm³/mol. The van der Waals surface area contributed by atoms with Crippen molar-refractivity contribution in [2.75, 3.05) is 19.8 Å². The van der Waals surface area contributed by atoms with Crippen LogP contribution in [0.1, 0.15) is 59.6 Å². The Kier molecular flexibility index (Phi) is 6.25. The number of alkyl halides is 1. The fourth-order valence-corrected chi connectivity index (χ4v) is 5.64. The molecule has 1 aromatic carbocycles. The van der Waals surface area contributed by atoms with Crippen LogP contribution in [0.15, 0.2) is 41.5 Å². The molecule has 1 N–H and O–H groups in total. The van der Waals surface area contributed by atoms with E-state index in [0.29, 0.717) is 28.2 Å². The molecule has 38 heavy (non-hydrogen) atoms. The number of hydrogen-bond donors (Lipinski definition) is 1. The van der Waals surface area contributed by atoms with Crippen LogP contribution in [0.2, 0.25) is 0 Å². The summed E-state index contributed by atoms with van der Waals surface area (Å²) < 4.78 is 29.4. The standard InChI is InChI=1S/C28H28F2N6O2/c1-16-25(32-10-9-31-16)26-24(28(38)35-14-17(13-29)15-35)27-33-22(12-23(37)36(27)34-26)19-7-8-20(21(30)11-19)18-5-3-2-4-6-18/h7-12,17-18,33H,2-6,13-15H2,1H3. The number of aryl methyl sites for hydroxylation is 1. The SMILES string of the molecule is Cc1nccnc1-c1nn2c(=O)cc(-c3ccc(C4CCCCC4)c(F)c3)[nH]c2c1C(=O)N1CC(CF)C1. The third-order valence-electron chi connectivity index (χ3n) is 7.75. The van der Waals surface area contributed by atoms with E-state index in [4.69, 9.17) is 0 Å². The van der Waals surface area contributed by atoms with Crippen LogP contribution in [-0.4, -0.2) is 55.1 Å². The maximum absolute atomic E-state index is 15.2. The summed E-state index contributed by atoms with van der Waals surface area (Å²) in [6.07, 6.45) is 8.37. The molecule has 1 saturated carbocycles. The summed E-state index contributed by atoms with van der Waals surface area (Å²) in [5.74, 6) is -0.673. The van der Waals surface area contributed by atoms with Gasteiger partial charge in [-0.15, -0.1) is 0 Å². The highest BCUT2D eigenvalue weighted by molar-refractivity contribution is 6.06. The van der Waals surface area contributed by atoms with E-state index in [9.17, 15) is 14.0 Å². The first-order chi connectivity index (χ1) is 18.4. The molecule has 8 nitrogen and oxygen atoms in total. The molecule has 0 radical (unpaired) electrons. The number of halogens is 2. The Morgan fingerprint density at radius 2 is 1.84 bits per heavy atom. The van der Waals surface area contributed by atoms with E-state index in [1.165, 1.54) is 35.8 Å². The summed E-state index contributed by atoms with van der Waals surface area (Å²) in [6.45, 7) is 1.80. The Bertz CT molecular complexity index is 1580. The van der Waals surface area contributed by atoms with Crippen molar-refractivity contribution in [1.82, 2.24) is 29.5 Å². The predicted octanol–water partition coefficient (Wildman–Crippen LogP) is 4.68. The van der Waals surface area contributed by atoms with E-state index < -0.39 is 12.2 Å². The number of aromatic nitrogens is 5. The highest BCUT2D eigenvalue weighted by Crippen LogP contribution is 2.35. The summed E-state index contributed by atoms with van der Waals surface area (Å²) in [6, 6.07) is 6.40. The van der Waals surface area contributed by atoms with Gasteiger partial charge in [-0.2, -0.15) is 9.61 Å². The Morgan fingerprint density at radius 3 is 2.55 bits per heavy atom. The number of amides is 1. The molecule has 10 heteroatoms. The van der Waals surface area contributed by atoms with Gasteiger partial charge in [0.05, 0.1) is 18.1 Å². The lowest BCUT2D eigenvalue weighted by Crippen LogP contribution is -2.50. The zero-order chi connectivity index (χ0) is 26.4. The van der Waals surface area contributed by atoms with Crippen molar-refractivity contribution in [2.45, 2.75) is 44.9 Å². The fourth-order valence-electron chi connectivity index (χ4n) is 5.64. The zero-order valence-corrected chi connectivity index (χ0v) is 21.1. The molecule has 6 rings (SSSR count). The molecule has 4 heterocycles. The van der Waals surface area contributed by atoms with Gasteiger partial charge in [-0.25, -0.2) is 4.39 Å². The lowest BCUT2D eigenvalue weighted by atomic mass is 9.83. The van der Waals surface area contributed by atoms with Gasteiger partial charge in [0, 0.05) is 43.0 Å². The lowest BCUT2D eigenvalue weighted by molar-refractivity contribution is 0.0455. The minimum absolute atomic E-state index is 0.157. The molecule has 0 bridgehead atoms. The summed E-state index contributed by atoms with van der Waals surface area (Å²) in [5.41, 5.74) is 2.58. The van der Waals surface area contributed by atoms with Crippen molar-refractivity contribution in [3.8, 4) is 22.6 Å². The average Bonchev–Trinajstić information content (AvgIpc) is 3.28. The number of nitrogens with one attached hydrogen (secondary N) is 1. The molecule has 0 spiro atoms. The zero-order valence-electron chi connectivity index (χ0n) is 21.1. The first kappa shape index (κ1) is 24.4. The number of hydrogen-bond acceptors (Lipinski definition) is 5. The maximum atomic E-state index is 15.2. The number of carbonyl (C=O) groups excluding carboxylic acids is 1. The minimum atomic E-state index is -0.502. The normalized spacial score (nSPS) is 16.7. The van der Waals surface area contributed by atoms with Crippen molar-refractivity contribution in [1.29, 1.82) is 0 Å². The number of likely N-dealkylation sites (tertiary alicyclic amines) is 1. The number of rotatable bonds is 5.